The van der Waals surface area contributed by atoms with Gasteiger partial charge in [-0.2, -0.15) is 47.0 Å². The zero-order valence-corrected chi connectivity index (χ0v) is 20.6. The Morgan fingerprint density at radius 2 is 0.793 bits per heavy atom. The molecule has 2 aromatic carbocycles. The molecule has 5 heteroatoms. The van der Waals surface area contributed by atoms with Gasteiger partial charge in [0.25, 0.3) is 0 Å². The van der Waals surface area contributed by atoms with Crippen molar-refractivity contribution in [3.63, 3.8) is 0 Å². The van der Waals surface area contributed by atoms with Gasteiger partial charge >= 0.3 is 0 Å². The fourth-order valence-electron chi connectivity index (χ4n) is 3.98. The van der Waals surface area contributed by atoms with Gasteiger partial charge in [-0.25, -0.2) is 0 Å². The first-order chi connectivity index (χ1) is 14.2. The first-order valence-electron chi connectivity index (χ1n) is 10.7. The summed E-state index contributed by atoms with van der Waals surface area (Å²) in [5.41, 5.74) is 6.24. The molecule has 0 spiro atoms. The molecule has 4 unspecified atom stereocenters. The molecule has 0 N–H and O–H groups in total. The maximum Gasteiger partial charge on any atom is 0.0179 e. The van der Waals surface area contributed by atoms with Crippen LogP contribution in [0.25, 0.3) is 0 Å². The van der Waals surface area contributed by atoms with Crippen LogP contribution in [0.3, 0.4) is 0 Å². The molecule has 2 aromatic rings. The molecule has 4 aliphatic rings. The quantitative estimate of drug-likeness (QED) is 0.361. The van der Waals surface area contributed by atoms with Crippen LogP contribution in [0.2, 0.25) is 0 Å². The molecular formula is C24H26S5. The van der Waals surface area contributed by atoms with Gasteiger partial charge in [0.05, 0.1) is 0 Å². The lowest BCUT2D eigenvalue weighted by molar-refractivity contribution is 0.971. The van der Waals surface area contributed by atoms with E-state index in [0.29, 0.717) is 0 Å². The molecule has 0 aliphatic carbocycles. The molecule has 0 aromatic heterocycles. The lowest BCUT2D eigenvalue weighted by Crippen LogP contribution is -1.99. The lowest BCUT2D eigenvalue weighted by Gasteiger charge is -2.12. The van der Waals surface area contributed by atoms with Crippen LogP contribution in [-0.2, 0) is 25.7 Å². The van der Waals surface area contributed by atoms with Crippen molar-refractivity contribution in [2.75, 3.05) is 23.0 Å². The minimum absolute atomic E-state index is 0.875. The topological polar surface area (TPSA) is 0 Å². The van der Waals surface area contributed by atoms with E-state index >= 15 is 0 Å². The molecule has 4 atom stereocenters. The smallest absolute Gasteiger partial charge is 0.0179 e. The van der Waals surface area contributed by atoms with E-state index in [2.05, 4.69) is 83.4 Å². The van der Waals surface area contributed by atoms with Crippen LogP contribution in [0.1, 0.15) is 22.3 Å². The Labute approximate surface area is 195 Å². The van der Waals surface area contributed by atoms with E-state index in [4.69, 9.17) is 0 Å². The number of thioether (sulfide) groups is 4. The number of rotatable bonds is 10. The third-order valence-electron chi connectivity index (χ3n) is 5.75. The van der Waals surface area contributed by atoms with Gasteiger partial charge in [0, 0.05) is 53.8 Å². The Bertz CT molecular complexity index is 756. The van der Waals surface area contributed by atoms with Crippen molar-refractivity contribution in [1.29, 1.82) is 0 Å². The summed E-state index contributed by atoms with van der Waals surface area (Å²) in [6, 6.07) is 14.9. The van der Waals surface area contributed by atoms with Crippen molar-refractivity contribution in [3.8, 4) is 0 Å². The Hall–Kier alpha value is 0.190. The Morgan fingerprint density at radius 3 is 1.03 bits per heavy atom. The number of hydrogen-bond donors (Lipinski definition) is 0. The molecule has 4 heterocycles. The molecule has 6 rings (SSSR count). The number of hydrogen-bond acceptors (Lipinski definition) is 5. The summed E-state index contributed by atoms with van der Waals surface area (Å²) in [6.45, 7) is 0. The van der Waals surface area contributed by atoms with Gasteiger partial charge in [-0.15, -0.1) is 0 Å². The predicted molar refractivity (Wildman–Crippen MR) is 137 cm³/mol. The van der Waals surface area contributed by atoms with E-state index in [1.165, 1.54) is 58.5 Å². The van der Waals surface area contributed by atoms with E-state index < -0.39 is 0 Å². The van der Waals surface area contributed by atoms with Gasteiger partial charge in [0.2, 0.25) is 0 Å². The summed E-state index contributed by atoms with van der Waals surface area (Å²) in [5.74, 6) is 5.42. The highest BCUT2D eigenvalue weighted by Gasteiger charge is 2.26. The van der Waals surface area contributed by atoms with E-state index in [-0.39, 0.29) is 0 Å². The summed E-state index contributed by atoms with van der Waals surface area (Å²) < 4.78 is 0. The second kappa shape index (κ2) is 8.61. The molecule has 0 amide bonds. The molecule has 0 bridgehead atoms. The van der Waals surface area contributed by atoms with E-state index in [1.807, 2.05) is 11.8 Å². The fourth-order valence-corrected chi connectivity index (χ4v) is 7.35. The largest absolute Gasteiger partial charge is 0.156 e. The molecule has 152 valence electrons. The molecule has 0 nitrogen and oxygen atoms in total. The van der Waals surface area contributed by atoms with Gasteiger partial charge in [0.15, 0.2) is 0 Å². The third-order valence-corrected chi connectivity index (χ3v) is 10.6. The van der Waals surface area contributed by atoms with Crippen LogP contribution >= 0.6 is 58.8 Å². The van der Waals surface area contributed by atoms with Gasteiger partial charge in [0.1, 0.15) is 0 Å². The van der Waals surface area contributed by atoms with E-state index in [1.54, 1.807) is 22.3 Å². The zero-order valence-electron chi connectivity index (χ0n) is 16.5. The van der Waals surface area contributed by atoms with Gasteiger partial charge < -0.3 is 0 Å². The Morgan fingerprint density at radius 1 is 0.517 bits per heavy atom. The van der Waals surface area contributed by atoms with Gasteiger partial charge in [-0.3, -0.25) is 0 Å². The second-order valence-electron chi connectivity index (χ2n) is 8.71. The highest BCUT2D eigenvalue weighted by molar-refractivity contribution is 8.07. The minimum atomic E-state index is 0.875. The normalized spacial score (nSPS) is 29.0. The maximum absolute atomic E-state index is 2.50. The first kappa shape index (κ1) is 19.8. The van der Waals surface area contributed by atoms with Gasteiger partial charge in [-0.1, -0.05) is 23.9 Å². The Balaban J connectivity index is 1.26. The average molecular weight is 475 g/mol. The van der Waals surface area contributed by atoms with Crippen molar-refractivity contribution in [2.24, 2.45) is 0 Å². The average Bonchev–Trinajstić information content (AvgIpc) is 3.49. The van der Waals surface area contributed by atoms with Crippen molar-refractivity contribution < 1.29 is 0 Å². The second-order valence-corrected chi connectivity index (χ2v) is 15.2. The van der Waals surface area contributed by atoms with Crippen LogP contribution in [0.5, 0.6) is 0 Å². The molecule has 0 radical (unpaired) electrons. The monoisotopic (exact) mass is 474 g/mol. The van der Waals surface area contributed by atoms with Crippen molar-refractivity contribution >= 4 is 58.8 Å². The van der Waals surface area contributed by atoms with Crippen LogP contribution in [0.15, 0.2) is 46.2 Å². The minimum Gasteiger partial charge on any atom is -0.156 e. The molecule has 4 saturated heterocycles. The van der Waals surface area contributed by atoms with Crippen LogP contribution in [0.4, 0.5) is 0 Å². The number of benzene rings is 2. The van der Waals surface area contributed by atoms with E-state index in [9.17, 15) is 0 Å². The summed E-state index contributed by atoms with van der Waals surface area (Å²) in [7, 11) is 0. The zero-order chi connectivity index (χ0) is 19.2. The molecular weight excluding hydrogens is 449 g/mol. The standard InChI is InChI=1S/C24H26S5/c1-15(7-21-11-25-21)3-19(4-16(1)8-22-12-26-22)29-20-5-17(9-23-13-27-23)2-18(6-20)10-24-14-28-24/h1-6,21-24H,7-14H2. The van der Waals surface area contributed by atoms with Crippen molar-refractivity contribution in [2.45, 2.75) is 56.5 Å². The van der Waals surface area contributed by atoms with Crippen LogP contribution in [0, 0.1) is 0 Å². The van der Waals surface area contributed by atoms with Crippen LogP contribution in [-0.4, -0.2) is 44.0 Å². The highest BCUT2D eigenvalue weighted by atomic mass is 32.2. The predicted octanol–water partition coefficient (Wildman–Crippen LogP) is 6.47. The maximum atomic E-state index is 2.50. The summed E-state index contributed by atoms with van der Waals surface area (Å²) in [6.07, 6.45) is 5.03. The molecule has 4 fully saturated rings. The SMILES string of the molecule is c1c(CC2CS2)cc(Sc2cc(CC3CS3)cc(CC3CS3)c2)cc1CC1CS1. The third kappa shape index (κ3) is 6.12. The Kier molecular flexibility index (Phi) is 5.89. The first-order valence-corrected chi connectivity index (χ1v) is 15.7. The van der Waals surface area contributed by atoms with Crippen LogP contribution < -0.4 is 0 Å². The van der Waals surface area contributed by atoms with E-state index in [0.717, 1.165) is 21.0 Å². The molecule has 29 heavy (non-hydrogen) atoms. The summed E-state index contributed by atoms with van der Waals surface area (Å²) in [4.78, 5) is 2.91. The highest BCUT2D eigenvalue weighted by Crippen LogP contribution is 2.40. The summed E-state index contributed by atoms with van der Waals surface area (Å²) >= 11 is 10.5. The summed E-state index contributed by atoms with van der Waals surface area (Å²) in [5, 5.41) is 3.50. The van der Waals surface area contributed by atoms with Crippen molar-refractivity contribution in [1.82, 2.24) is 0 Å². The molecule has 0 saturated carbocycles. The lowest BCUT2D eigenvalue weighted by atomic mass is 10.0. The van der Waals surface area contributed by atoms with Gasteiger partial charge in [-0.05, 0) is 72.2 Å². The fraction of sp³-hybridized carbons (Fsp3) is 0.500. The van der Waals surface area contributed by atoms with Crippen molar-refractivity contribution in [3.05, 3.63) is 58.7 Å². The molecule has 4 aliphatic heterocycles.